The van der Waals surface area contributed by atoms with Gasteiger partial charge in [0.05, 0.1) is 0 Å². The number of hydrogen-bond acceptors (Lipinski definition) is 0. The standard InChI is InChI=1S/C9H21FSi/c1-2-3-4-5-6-7-8-9-11-10/h2-9,11H2,1H3. The summed E-state index contributed by atoms with van der Waals surface area (Å²) in [5, 5.41) is 0. The van der Waals surface area contributed by atoms with Gasteiger partial charge >= 0.3 is 0 Å². The molecule has 2 heteroatoms. The Morgan fingerprint density at radius 3 is 2.00 bits per heavy atom. The summed E-state index contributed by atoms with van der Waals surface area (Å²) in [5.41, 5.74) is 0. The second kappa shape index (κ2) is 10.1. The van der Waals surface area contributed by atoms with Gasteiger partial charge in [0.15, 0.2) is 0 Å². The molecule has 0 heterocycles. The van der Waals surface area contributed by atoms with Gasteiger partial charge in [0.25, 0.3) is 0 Å². The predicted molar refractivity (Wildman–Crippen MR) is 52.5 cm³/mol. The molecule has 68 valence electrons. The molecule has 0 aliphatic rings. The molecule has 0 bridgehead atoms. The van der Waals surface area contributed by atoms with Crippen LogP contribution in [-0.4, -0.2) is 9.85 Å². The van der Waals surface area contributed by atoms with Crippen LogP contribution in [0, 0.1) is 0 Å². The van der Waals surface area contributed by atoms with Crippen molar-refractivity contribution in [1.29, 1.82) is 0 Å². The molecule has 0 rings (SSSR count). The Morgan fingerprint density at radius 1 is 0.909 bits per heavy atom. The zero-order chi connectivity index (χ0) is 8.36. The Morgan fingerprint density at radius 2 is 1.45 bits per heavy atom. The molecule has 0 amide bonds. The van der Waals surface area contributed by atoms with Crippen molar-refractivity contribution in [2.45, 2.75) is 57.9 Å². The smallest absolute Gasteiger partial charge is 0.216 e. The molecule has 0 N–H and O–H groups in total. The monoisotopic (exact) mass is 176 g/mol. The molecule has 0 saturated carbocycles. The van der Waals surface area contributed by atoms with Crippen molar-refractivity contribution in [3.63, 3.8) is 0 Å². The molecule has 11 heavy (non-hydrogen) atoms. The van der Waals surface area contributed by atoms with Crippen LogP contribution in [0.1, 0.15) is 51.9 Å². The average molecular weight is 176 g/mol. The Labute approximate surface area is 72.6 Å². The number of unbranched alkanes of at least 4 members (excludes halogenated alkanes) is 6. The Hall–Kier alpha value is 0.147. The Balaban J connectivity index is 2.69. The van der Waals surface area contributed by atoms with E-state index in [-0.39, 0.29) is 0 Å². The molecular weight excluding hydrogens is 155 g/mol. The Bertz CT molecular complexity index is 58.6. The van der Waals surface area contributed by atoms with E-state index in [2.05, 4.69) is 6.92 Å². The SMILES string of the molecule is CCCCCCCCC[SiH2]F. The molecule has 0 aromatic rings. The van der Waals surface area contributed by atoms with Crippen LogP contribution in [0.25, 0.3) is 0 Å². The van der Waals surface area contributed by atoms with E-state index in [1.807, 2.05) is 0 Å². The van der Waals surface area contributed by atoms with Gasteiger partial charge in [0.2, 0.25) is 9.85 Å². The van der Waals surface area contributed by atoms with Crippen LogP contribution in [-0.2, 0) is 0 Å². The summed E-state index contributed by atoms with van der Waals surface area (Å²) in [6, 6.07) is 0.910. The van der Waals surface area contributed by atoms with E-state index in [0.29, 0.717) is 0 Å². The van der Waals surface area contributed by atoms with Crippen molar-refractivity contribution in [2.24, 2.45) is 0 Å². The van der Waals surface area contributed by atoms with Crippen molar-refractivity contribution in [1.82, 2.24) is 0 Å². The highest BCUT2D eigenvalue weighted by Crippen LogP contribution is 2.08. The number of rotatable bonds is 8. The lowest BCUT2D eigenvalue weighted by Crippen LogP contribution is -1.82. The lowest BCUT2D eigenvalue weighted by Gasteiger charge is -1.98. The molecule has 0 atom stereocenters. The van der Waals surface area contributed by atoms with Crippen LogP contribution in [0.5, 0.6) is 0 Å². The third-order valence-electron chi connectivity index (χ3n) is 1.99. The molecular formula is C9H21FSi. The summed E-state index contributed by atoms with van der Waals surface area (Å²) in [4.78, 5) is 0. The second-order valence-corrected chi connectivity index (χ2v) is 4.25. The maximum Gasteiger partial charge on any atom is 0.216 e. The van der Waals surface area contributed by atoms with Gasteiger partial charge in [-0.3, -0.25) is 0 Å². The molecule has 0 radical (unpaired) electrons. The summed E-state index contributed by atoms with van der Waals surface area (Å²) >= 11 is 0. The molecule has 0 fully saturated rings. The molecule has 0 saturated heterocycles. The molecule has 0 aliphatic heterocycles. The minimum absolute atomic E-state index is 0.910. The molecule has 0 spiro atoms. The number of halogens is 1. The maximum absolute atomic E-state index is 11.8. The van der Waals surface area contributed by atoms with Gasteiger partial charge in [0.1, 0.15) is 0 Å². The fourth-order valence-corrected chi connectivity index (χ4v) is 1.77. The van der Waals surface area contributed by atoms with Crippen molar-refractivity contribution >= 4 is 9.85 Å². The van der Waals surface area contributed by atoms with E-state index in [0.717, 1.165) is 12.5 Å². The topological polar surface area (TPSA) is 0 Å². The lowest BCUT2D eigenvalue weighted by molar-refractivity contribution is 0.599. The fourth-order valence-electron chi connectivity index (χ4n) is 1.23. The largest absolute Gasteiger partial charge is 0.323 e. The van der Waals surface area contributed by atoms with E-state index >= 15 is 0 Å². The van der Waals surface area contributed by atoms with Gasteiger partial charge < -0.3 is 4.11 Å². The van der Waals surface area contributed by atoms with Gasteiger partial charge in [-0.1, -0.05) is 51.9 Å². The molecule has 0 aliphatic carbocycles. The van der Waals surface area contributed by atoms with Gasteiger partial charge in [-0.25, -0.2) is 0 Å². The minimum atomic E-state index is -1.13. The van der Waals surface area contributed by atoms with Gasteiger partial charge in [-0.2, -0.15) is 0 Å². The van der Waals surface area contributed by atoms with E-state index in [9.17, 15) is 4.11 Å². The highest BCUT2D eigenvalue weighted by molar-refractivity contribution is 6.25. The highest BCUT2D eigenvalue weighted by Gasteiger charge is 1.90. The van der Waals surface area contributed by atoms with Crippen LogP contribution in [0.3, 0.4) is 0 Å². The minimum Gasteiger partial charge on any atom is -0.323 e. The predicted octanol–water partition coefficient (Wildman–Crippen LogP) is 3.21. The van der Waals surface area contributed by atoms with Gasteiger partial charge in [-0.05, 0) is 6.04 Å². The summed E-state index contributed by atoms with van der Waals surface area (Å²) in [6.45, 7) is 2.23. The quantitative estimate of drug-likeness (QED) is 0.303. The van der Waals surface area contributed by atoms with Crippen molar-refractivity contribution < 1.29 is 4.11 Å². The first-order valence-corrected chi connectivity index (χ1v) is 6.51. The van der Waals surface area contributed by atoms with E-state index in [1.165, 1.54) is 38.5 Å². The van der Waals surface area contributed by atoms with E-state index in [4.69, 9.17) is 0 Å². The van der Waals surface area contributed by atoms with Crippen molar-refractivity contribution in [2.75, 3.05) is 0 Å². The third kappa shape index (κ3) is 10.1. The van der Waals surface area contributed by atoms with Crippen LogP contribution in [0.4, 0.5) is 4.11 Å². The zero-order valence-corrected chi connectivity index (χ0v) is 9.16. The van der Waals surface area contributed by atoms with Gasteiger partial charge in [-0.15, -0.1) is 0 Å². The zero-order valence-electron chi connectivity index (χ0n) is 7.74. The van der Waals surface area contributed by atoms with Crippen molar-refractivity contribution in [3.8, 4) is 0 Å². The van der Waals surface area contributed by atoms with E-state index < -0.39 is 9.85 Å². The van der Waals surface area contributed by atoms with Gasteiger partial charge in [0, 0.05) is 0 Å². The average Bonchev–Trinajstić information content (AvgIpc) is 2.03. The first kappa shape index (κ1) is 11.1. The van der Waals surface area contributed by atoms with Crippen LogP contribution >= 0.6 is 0 Å². The third-order valence-corrected chi connectivity index (χ3v) is 2.75. The van der Waals surface area contributed by atoms with E-state index in [1.54, 1.807) is 0 Å². The van der Waals surface area contributed by atoms with Crippen LogP contribution < -0.4 is 0 Å². The summed E-state index contributed by atoms with van der Waals surface area (Å²) < 4.78 is 11.8. The summed E-state index contributed by atoms with van der Waals surface area (Å²) in [7, 11) is -1.13. The molecule has 0 aromatic heterocycles. The molecule has 0 unspecified atom stereocenters. The normalized spacial score (nSPS) is 11.5. The Kier molecular flexibility index (Phi) is 10.3. The van der Waals surface area contributed by atoms with Crippen LogP contribution in [0.15, 0.2) is 0 Å². The second-order valence-electron chi connectivity index (χ2n) is 3.16. The molecule has 0 aromatic carbocycles. The fraction of sp³-hybridized carbons (Fsp3) is 1.00. The van der Waals surface area contributed by atoms with Crippen LogP contribution in [0.2, 0.25) is 6.04 Å². The first-order chi connectivity index (χ1) is 5.41. The van der Waals surface area contributed by atoms with Crippen molar-refractivity contribution in [3.05, 3.63) is 0 Å². The lowest BCUT2D eigenvalue weighted by atomic mass is 10.1. The first-order valence-electron chi connectivity index (χ1n) is 4.97. The maximum atomic E-state index is 11.8. The number of hydrogen-bond donors (Lipinski definition) is 0. The summed E-state index contributed by atoms with van der Waals surface area (Å²) in [6.07, 6.45) is 9.17. The highest BCUT2D eigenvalue weighted by atomic mass is 28.3. The summed E-state index contributed by atoms with van der Waals surface area (Å²) in [5.74, 6) is 0. The molecule has 0 nitrogen and oxygen atoms in total.